The van der Waals surface area contributed by atoms with Gasteiger partial charge in [-0.15, -0.1) is 0 Å². The number of hydrogen-bond acceptors (Lipinski definition) is 4. The smallest absolute Gasteiger partial charge is 0.0860 e. The Morgan fingerprint density at radius 2 is 2.00 bits per heavy atom. The molecule has 0 aromatic carbocycles. The Morgan fingerprint density at radius 1 is 1.42 bits per heavy atom. The largest absolute Gasteiger partial charge is 0.394 e. The Morgan fingerprint density at radius 3 is 2.50 bits per heavy atom. The Bertz CT molecular complexity index is 148. The van der Waals surface area contributed by atoms with Gasteiger partial charge in [-0.3, -0.25) is 0 Å². The van der Waals surface area contributed by atoms with Crippen molar-refractivity contribution < 1.29 is 14.9 Å². The van der Waals surface area contributed by atoms with Gasteiger partial charge in [0.05, 0.1) is 31.0 Å². The molecule has 1 aliphatic heterocycles. The molecule has 1 fully saturated rings. The van der Waals surface area contributed by atoms with E-state index in [0.29, 0.717) is 0 Å². The second kappa shape index (κ2) is 3.70. The standard InChI is InChI=1S/C8H17NO3/c1-4-6(3-10)12-5(2)7(9)8(4)11/h4-8,10-11H,3,9H2,1-2H3/t4-,5+,6-,7-,8+/m1/s1. The molecule has 1 rings (SSSR count). The van der Waals surface area contributed by atoms with E-state index in [4.69, 9.17) is 15.6 Å². The van der Waals surface area contributed by atoms with Crippen LogP contribution in [0.5, 0.6) is 0 Å². The van der Waals surface area contributed by atoms with Gasteiger partial charge in [-0.1, -0.05) is 6.92 Å². The molecule has 1 heterocycles. The molecule has 0 saturated carbocycles. The van der Waals surface area contributed by atoms with Crippen molar-refractivity contribution in [3.63, 3.8) is 0 Å². The highest BCUT2D eigenvalue weighted by atomic mass is 16.5. The maximum atomic E-state index is 9.60. The first-order valence-electron chi connectivity index (χ1n) is 4.28. The van der Waals surface area contributed by atoms with E-state index in [-0.39, 0.29) is 30.8 Å². The van der Waals surface area contributed by atoms with Crippen LogP contribution in [0.2, 0.25) is 0 Å². The van der Waals surface area contributed by atoms with Gasteiger partial charge in [-0.05, 0) is 6.92 Å². The predicted octanol–water partition coefficient (Wildman–Crippen LogP) is -0.910. The summed E-state index contributed by atoms with van der Waals surface area (Å²) in [5, 5.41) is 18.5. The molecule has 72 valence electrons. The number of aliphatic hydroxyl groups is 2. The van der Waals surface area contributed by atoms with E-state index in [2.05, 4.69) is 0 Å². The SMILES string of the molecule is C[C@H]1[C@H](O)[C@H](N)[C@H](C)O[C@@H]1CO. The fraction of sp³-hybridized carbons (Fsp3) is 1.00. The number of rotatable bonds is 1. The lowest BCUT2D eigenvalue weighted by atomic mass is 9.88. The highest BCUT2D eigenvalue weighted by Gasteiger charge is 2.38. The number of aliphatic hydroxyl groups excluding tert-OH is 2. The molecule has 0 aromatic heterocycles. The summed E-state index contributed by atoms with van der Waals surface area (Å²) in [6.07, 6.45) is -1.05. The quantitative estimate of drug-likeness (QED) is 0.482. The molecule has 0 amide bonds. The summed E-state index contributed by atoms with van der Waals surface area (Å²) in [5.41, 5.74) is 5.67. The van der Waals surface area contributed by atoms with E-state index >= 15 is 0 Å². The summed E-state index contributed by atoms with van der Waals surface area (Å²) < 4.78 is 5.40. The van der Waals surface area contributed by atoms with Crippen LogP contribution < -0.4 is 5.73 Å². The Kier molecular flexibility index (Phi) is 3.06. The average Bonchev–Trinajstić information content (AvgIpc) is 2.08. The topological polar surface area (TPSA) is 75.7 Å². The van der Waals surface area contributed by atoms with Crippen molar-refractivity contribution in [2.75, 3.05) is 6.61 Å². The van der Waals surface area contributed by atoms with Gasteiger partial charge in [-0.2, -0.15) is 0 Å². The van der Waals surface area contributed by atoms with Crippen LogP contribution in [0.3, 0.4) is 0 Å². The molecule has 12 heavy (non-hydrogen) atoms. The highest BCUT2D eigenvalue weighted by Crippen LogP contribution is 2.23. The first-order chi connectivity index (χ1) is 5.57. The van der Waals surface area contributed by atoms with Crippen molar-refractivity contribution in [2.24, 2.45) is 11.7 Å². The normalized spacial score (nSPS) is 49.2. The zero-order chi connectivity index (χ0) is 9.30. The van der Waals surface area contributed by atoms with Gasteiger partial charge in [-0.25, -0.2) is 0 Å². The second-order valence-electron chi connectivity index (χ2n) is 3.49. The van der Waals surface area contributed by atoms with Gasteiger partial charge in [0.15, 0.2) is 0 Å². The van der Waals surface area contributed by atoms with E-state index in [0.717, 1.165) is 0 Å². The maximum Gasteiger partial charge on any atom is 0.0860 e. The lowest BCUT2D eigenvalue weighted by Gasteiger charge is -2.40. The summed E-state index contributed by atoms with van der Waals surface area (Å²) in [6, 6.07) is -0.345. The lowest BCUT2D eigenvalue weighted by Crippen LogP contribution is -2.57. The van der Waals surface area contributed by atoms with Crippen molar-refractivity contribution in [1.82, 2.24) is 0 Å². The van der Waals surface area contributed by atoms with Crippen LogP contribution >= 0.6 is 0 Å². The Hall–Kier alpha value is -0.160. The van der Waals surface area contributed by atoms with Crippen molar-refractivity contribution >= 4 is 0 Å². The molecule has 1 saturated heterocycles. The summed E-state index contributed by atoms with van der Waals surface area (Å²) in [5.74, 6) is -0.0961. The molecule has 0 radical (unpaired) electrons. The van der Waals surface area contributed by atoms with Crippen LogP contribution in [0.1, 0.15) is 13.8 Å². The molecular weight excluding hydrogens is 158 g/mol. The predicted molar refractivity (Wildman–Crippen MR) is 44.6 cm³/mol. The van der Waals surface area contributed by atoms with Gasteiger partial charge >= 0.3 is 0 Å². The zero-order valence-electron chi connectivity index (χ0n) is 7.47. The molecule has 0 bridgehead atoms. The molecule has 4 N–H and O–H groups in total. The summed E-state index contributed by atoms with van der Waals surface area (Å²) in [6.45, 7) is 3.58. The van der Waals surface area contributed by atoms with Crippen LogP contribution in [0.25, 0.3) is 0 Å². The van der Waals surface area contributed by atoms with E-state index in [1.54, 1.807) is 0 Å². The second-order valence-corrected chi connectivity index (χ2v) is 3.49. The zero-order valence-corrected chi connectivity index (χ0v) is 7.47. The molecule has 0 aliphatic carbocycles. The monoisotopic (exact) mass is 175 g/mol. The molecule has 4 nitrogen and oxygen atoms in total. The third-order valence-corrected chi connectivity index (χ3v) is 2.63. The van der Waals surface area contributed by atoms with Gasteiger partial charge in [0.25, 0.3) is 0 Å². The third kappa shape index (κ3) is 1.61. The average molecular weight is 175 g/mol. The third-order valence-electron chi connectivity index (χ3n) is 2.63. The summed E-state index contributed by atoms with van der Waals surface area (Å²) in [4.78, 5) is 0. The van der Waals surface area contributed by atoms with Crippen LogP contribution in [0, 0.1) is 5.92 Å². The number of hydrogen-bond donors (Lipinski definition) is 3. The molecule has 1 aliphatic rings. The number of ether oxygens (including phenoxy) is 1. The Balaban J connectivity index is 2.63. The van der Waals surface area contributed by atoms with Crippen molar-refractivity contribution in [3.05, 3.63) is 0 Å². The van der Waals surface area contributed by atoms with Gasteiger partial charge < -0.3 is 20.7 Å². The molecule has 0 unspecified atom stereocenters. The highest BCUT2D eigenvalue weighted by molar-refractivity contribution is 4.90. The molecule has 0 spiro atoms. The summed E-state index contributed by atoms with van der Waals surface area (Å²) in [7, 11) is 0. The van der Waals surface area contributed by atoms with Crippen LogP contribution in [-0.2, 0) is 4.74 Å². The van der Waals surface area contributed by atoms with Crippen molar-refractivity contribution in [1.29, 1.82) is 0 Å². The molecule has 0 aromatic rings. The fourth-order valence-electron chi connectivity index (χ4n) is 1.55. The van der Waals surface area contributed by atoms with E-state index in [9.17, 15) is 5.11 Å². The van der Waals surface area contributed by atoms with Gasteiger partial charge in [0.1, 0.15) is 0 Å². The molecule has 4 heteroatoms. The first-order valence-corrected chi connectivity index (χ1v) is 4.28. The van der Waals surface area contributed by atoms with Crippen LogP contribution in [0.15, 0.2) is 0 Å². The first kappa shape index (κ1) is 9.92. The van der Waals surface area contributed by atoms with Crippen molar-refractivity contribution in [3.8, 4) is 0 Å². The van der Waals surface area contributed by atoms with Crippen LogP contribution in [-0.4, -0.2) is 41.2 Å². The maximum absolute atomic E-state index is 9.60. The fourth-order valence-corrected chi connectivity index (χ4v) is 1.55. The minimum absolute atomic E-state index is 0.0602. The minimum atomic E-state index is -0.578. The lowest BCUT2D eigenvalue weighted by molar-refractivity contribution is -0.149. The van der Waals surface area contributed by atoms with E-state index in [1.165, 1.54) is 0 Å². The molecule has 5 atom stereocenters. The number of nitrogens with two attached hydrogens (primary N) is 1. The van der Waals surface area contributed by atoms with Crippen molar-refractivity contribution in [2.45, 2.75) is 38.2 Å². The minimum Gasteiger partial charge on any atom is -0.394 e. The van der Waals surface area contributed by atoms with E-state index < -0.39 is 6.10 Å². The van der Waals surface area contributed by atoms with Gasteiger partial charge in [0, 0.05) is 5.92 Å². The van der Waals surface area contributed by atoms with E-state index in [1.807, 2.05) is 13.8 Å². The van der Waals surface area contributed by atoms with Gasteiger partial charge in [0.2, 0.25) is 0 Å². The molecular formula is C8H17NO3. The van der Waals surface area contributed by atoms with Crippen LogP contribution in [0.4, 0.5) is 0 Å². The summed E-state index contributed by atoms with van der Waals surface area (Å²) >= 11 is 0. The Labute approximate surface area is 72.3 Å².